The molecule has 1 aromatic carbocycles. The van der Waals surface area contributed by atoms with Crippen molar-refractivity contribution in [2.45, 2.75) is 25.7 Å². The molecule has 0 saturated carbocycles. The molecule has 4 rings (SSSR count). The fourth-order valence-electron chi connectivity index (χ4n) is 4.20. The predicted molar refractivity (Wildman–Crippen MR) is 100 cm³/mol. The van der Waals surface area contributed by atoms with E-state index in [1.54, 1.807) is 11.1 Å². The van der Waals surface area contributed by atoms with Crippen molar-refractivity contribution in [3.63, 3.8) is 0 Å². The van der Waals surface area contributed by atoms with Gasteiger partial charge in [-0.25, -0.2) is 4.98 Å². The number of carboxylic acid groups (broad SMARTS) is 1. The van der Waals surface area contributed by atoms with Crippen LogP contribution in [0.3, 0.4) is 0 Å². The third-order valence-electron chi connectivity index (χ3n) is 5.88. The summed E-state index contributed by atoms with van der Waals surface area (Å²) in [5, 5.41) is 9.71. The molecule has 1 amide bonds. The van der Waals surface area contributed by atoms with Gasteiger partial charge < -0.3 is 19.2 Å². The lowest BCUT2D eigenvalue weighted by Gasteiger charge is -2.33. The SMILES string of the molecule is O=C(CCCc1ncc(-c2ccccc2)o1)N1C[C@H]2COCC[C@@]2(C(=O)O)C1. The lowest BCUT2D eigenvalue weighted by Crippen LogP contribution is -2.45. The van der Waals surface area contributed by atoms with Crippen molar-refractivity contribution in [1.29, 1.82) is 0 Å². The van der Waals surface area contributed by atoms with E-state index in [0.29, 0.717) is 57.1 Å². The molecule has 1 aromatic heterocycles. The number of hydrogen-bond acceptors (Lipinski definition) is 5. The zero-order valence-corrected chi connectivity index (χ0v) is 15.7. The number of oxazole rings is 1. The lowest BCUT2D eigenvalue weighted by atomic mass is 9.74. The van der Waals surface area contributed by atoms with Crippen molar-refractivity contribution in [1.82, 2.24) is 9.88 Å². The number of nitrogens with zero attached hydrogens (tertiary/aromatic N) is 2. The van der Waals surface area contributed by atoms with E-state index < -0.39 is 11.4 Å². The Balaban J connectivity index is 1.31. The van der Waals surface area contributed by atoms with E-state index in [1.165, 1.54) is 0 Å². The Morgan fingerprint density at radius 3 is 2.86 bits per heavy atom. The van der Waals surface area contributed by atoms with Crippen molar-refractivity contribution in [3.8, 4) is 11.3 Å². The van der Waals surface area contributed by atoms with Gasteiger partial charge in [0.05, 0.1) is 18.2 Å². The standard InChI is InChI=1S/C21H24N2O5/c24-19(23-12-16-13-27-10-9-21(16,14-23)20(25)26)8-4-7-18-22-11-17(28-18)15-5-2-1-3-6-15/h1-3,5-6,11,16H,4,7-10,12-14H2,(H,25,26)/t16-,21+/m0/s1. The molecule has 1 N–H and O–H groups in total. The number of aliphatic carboxylic acids is 1. The molecule has 0 radical (unpaired) electrons. The zero-order valence-electron chi connectivity index (χ0n) is 15.7. The Morgan fingerprint density at radius 2 is 2.11 bits per heavy atom. The second-order valence-electron chi connectivity index (χ2n) is 7.60. The van der Waals surface area contributed by atoms with Crippen molar-refractivity contribution in [3.05, 3.63) is 42.4 Å². The number of fused-ring (bicyclic) bond motifs is 1. The van der Waals surface area contributed by atoms with E-state index in [2.05, 4.69) is 4.98 Å². The minimum atomic E-state index is -0.846. The van der Waals surface area contributed by atoms with E-state index >= 15 is 0 Å². The van der Waals surface area contributed by atoms with Gasteiger partial charge in [0.1, 0.15) is 0 Å². The lowest BCUT2D eigenvalue weighted by molar-refractivity contribution is -0.157. The van der Waals surface area contributed by atoms with Crippen molar-refractivity contribution < 1.29 is 23.8 Å². The highest BCUT2D eigenvalue weighted by atomic mass is 16.5. The minimum Gasteiger partial charge on any atom is -0.481 e. The number of carboxylic acids is 1. The minimum absolute atomic E-state index is 0.00939. The number of benzene rings is 1. The topological polar surface area (TPSA) is 92.9 Å². The maximum Gasteiger partial charge on any atom is 0.311 e. The molecule has 2 atom stereocenters. The Kier molecular flexibility index (Phi) is 5.17. The number of hydrogen-bond donors (Lipinski definition) is 1. The first-order chi connectivity index (χ1) is 13.6. The van der Waals surface area contributed by atoms with Crippen LogP contribution >= 0.6 is 0 Å². The van der Waals surface area contributed by atoms with Crippen LogP contribution in [0.1, 0.15) is 25.2 Å². The summed E-state index contributed by atoms with van der Waals surface area (Å²) in [6, 6.07) is 9.75. The molecule has 2 aromatic rings. The van der Waals surface area contributed by atoms with Gasteiger partial charge in [0.25, 0.3) is 0 Å². The summed E-state index contributed by atoms with van der Waals surface area (Å²) in [6.45, 7) is 1.60. The number of rotatable bonds is 6. The Bertz CT molecular complexity index is 849. The summed E-state index contributed by atoms with van der Waals surface area (Å²) >= 11 is 0. The van der Waals surface area contributed by atoms with Crippen molar-refractivity contribution in [2.24, 2.45) is 11.3 Å². The molecule has 2 aliphatic rings. The van der Waals surface area contributed by atoms with Crippen LogP contribution in [0.5, 0.6) is 0 Å². The molecule has 7 nitrogen and oxygen atoms in total. The third kappa shape index (κ3) is 3.54. The molecule has 0 unspecified atom stereocenters. The summed E-state index contributed by atoms with van der Waals surface area (Å²) in [5.74, 6) is 0.378. The van der Waals surface area contributed by atoms with Crippen LogP contribution < -0.4 is 0 Å². The maximum absolute atomic E-state index is 12.6. The van der Waals surface area contributed by atoms with Gasteiger partial charge in [0.15, 0.2) is 11.7 Å². The van der Waals surface area contributed by atoms with Gasteiger partial charge in [-0.2, -0.15) is 0 Å². The van der Waals surface area contributed by atoms with Gasteiger partial charge >= 0.3 is 5.97 Å². The van der Waals surface area contributed by atoms with Crippen LogP contribution in [0.15, 0.2) is 40.9 Å². The highest BCUT2D eigenvalue weighted by molar-refractivity contribution is 5.81. The van der Waals surface area contributed by atoms with E-state index in [4.69, 9.17) is 9.15 Å². The normalized spacial score (nSPS) is 24.1. The second-order valence-corrected chi connectivity index (χ2v) is 7.60. The quantitative estimate of drug-likeness (QED) is 0.823. The Hall–Kier alpha value is -2.67. The smallest absolute Gasteiger partial charge is 0.311 e. The third-order valence-corrected chi connectivity index (χ3v) is 5.88. The van der Waals surface area contributed by atoms with E-state index in [0.717, 1.165) is 5.56 Å². The summed E-state index contributed by atoms with van der Waals surface area (Å²) < 4.78 is 11.2. The molecular weight excluding hydrogens is 360 g/mol. The molecule has 3 heterocycles. The monoisotopic (exact) mass is 384 g/mol. The predicted octanol–water partition coefficient (Wildman–Crippen LogP) is 2.61. The molecule has 0 aliphatic carbocycles. The van der Waals surface area contributed by atoms with Crippen molar-refractivity contribution in [2.75, 3.05) is 26.3 Å². The average Bonchev–Trinajstić information content (AvgIpc) is 3.34. The first-order valence-electron chi connectivity index (χ1n) is 9.67. The van der Waals surface area contributed by atoms with Crippen LogP contribution in [0.2, 0.25) is 0 Å². The summed E-state index contributed by atoms with van der Waals surface area (Å²) in [7, 11) is 0. The van der Waals surface area contributed by atoms with Gasteiger partial charge in [-0.3, -0.25) is 9.59 Å². The van der Waals surface area contributed by atoms with Crippen LogP contribution in [0, 0.1) is 11.3 Å². The molecule has 2 aliphatic heterocycles. The molecule has 2 saturated heterocycles. The molecule has 28 heavy (non-hydrogen) atoms. The molecule has 0 spiro atoms. The van der Waals surface area contributed by atoms with E-state index in [9.17, 15) is 14.7 Å². The highest BCUT2D eigenvalue weighted by Gasteiger charge is 2.54. The van der Waals surface area contributed by atoms with E-state index in [1.807, 2.05) is 30.3 Å². The number of amides is 1. The molecule has 2 fully saturated rings. The number of aryl methyl sites for hydroxylation is 1. The molecule has 0 bridgehead atoms. The molecule has 7 heteroatoms. The number of aromatic nitrogens is 1. The van der Waals surface area contributed by atoms with Crippen LogP contribution in [-0.2, 0) is 20.7 Å². The second kappa shape index (κ2) is 7.75. The first kappa shape index (κ1) is 18.7. The van der Waals surface area contributed by atoms with Crippen LogP contribution in [-0.4, -0.2) is 53.2 Å². The summed E-state index contributed by atoms with van der Waals surface area (Å²) in [5.41, 5.74) is 0.124. The Morgan fingerprint density at radius 1 is 1.29 bits per heavy atom. The van der Waals surface area contributed by atoms with Gasteiger partial charge in [-0.1, -0.05) is 30.3 Å². The number of carbonyl (C=O) groups excluding carboxylic acids is 1. The van der Waals surface area contributed by atoms with Gasteiger partial charge in [0.2, 0.25) is 5.91 Å². The van der Waals surface area contributed by atoms with E-state index in [-0.39, 0.29) is 18.4 Å². The molecular formula is C21H24N2O5. The number of likely N-dealkylation sites (tertiary alicyclic amines) is 1. The first-order valence-corrected chi connectivity index (χ1v) is 9.67. The fourth-order valence-corrected chi connectivity index (χ4v) is 4.20. The van der Waals surface area contributed by atoms with Gasteiger partial charge in [-0.15, -0.1) is 0 Å². The number of carbonyl (C=O) groups is 2. The maximum atomic E-state index is 12.6. The summed E-state index contributed by atoms with van der Waals surface area (Å²) in [4.78, 5) is 30.4. The molecule has 148 valence electrons. The summed E-state index contributed by atoms with van der Waals surface area (Å²) in [6.07, 6.45) is 3.71. The number of ether oxygens (including phenoxy) is 1. The van der Waals surface area contributed by atoms with Crippen LogP contribution in [0.4, 0.5) is 0 Å². The van der Waals surface area contributed by atoms with Crippen molar-refractivity contribution >= 4 is 11.9 Å². The van der Waals surface area contributed by atoms with Gasteiger partial charge in [0, 0.05) is 44.0 Å². The highest BCUT2D eigenvalue weighted by Crippen LogP contribution is 2.42. The zero-order chi connectivity index (χ0) is 19.6. The van der Waals surface area contributed by atoms with Gasteiger partial charge in [-0.05, 0) is 12.8 Å². The fraction of sp³-hybridized carbons (Fsp3) is 0.476. The Labute approximate surface area is 163 Å². The average molecular weight is 384 g/mol. The van der Waals surface area contributed by atoms with Crippen LogP contribution in [0.25, 0.3) is 11.3 Å². The largest absolute Gasteiger partial charge is 0.481 e.